The quantitative estimate of drug-likeness (QED) is 0.932. The number of hydrogen-bond donors (Lipinski definition) is 1. The van der Waals surface area contributed by atoms with Crippen LogP contribution in [-0.2, 0) is 6.54 Å². The van der Waals surface area contributed by atoms with Crippen LogP contribution in [0.4, 0.5) is 16.2 Å². The van der Waals surface area contributed by atoms with Crippen molar-refractivity contribution in [2.24, 2.45) is 0 Å². The van der Waals surface area contributed by atoms with Crippen LogP contribution >= 0.6 is 0 Å². The molecular weight excluding hydrogens is 312 g/mol. The van der Waals surface area contributed by atoms with Crippen molar-refractivity contribution in [2.75, 3.05) is 50.1 Å². The van der Waals surface area contributed by atoms with E-state index in [2.05, 4.69) is 63.6 Å². The molecule has 2 aromatic rings. The Morgan fingerprint density at radius 3 is 2.20 bits per heavy atom. The Morgan fingerprint density at radius 1 is 0.960 bits per heavy atom. The second-order valence-corrected chi connectivity index (χ2v) is 6.53. The van der Waals surface area contributed by atoms with Gasteiger partial charge in [-0.2, -0.15) is 0 Å². The molecule has 0 radical (unpaired) electrons. The summed E-state index contributed by atoms with van der Waals surface area (Å²) >= 11 is 0. The molecule has 0 atom stereocenters. The van der Waals surface area contributed by atoms with Crippen LogP contribution in [0.25, 0.3) is 0 Å². The summed E-state index contributed by atoms with van der Waals surface area (Å²) in [4.78, 5) is 18.7. The van der Waals surface area contributed by atoms with E-state index in [9.17, 15) is 4.79 Å². The van der Waals surface area contributed by atoms with Crippen molar-refractivity contribution in [1.29, 1.82) is 0 Å². The van der Waals surface area contributed by atoms with Gasteiger partial charge in [0.1, 0.15) is 0 Å². The van der Waals surface area contributed by atoms with Crippen LogP contribution in [0, 0.1) is 0 Å². The topological polar surface area (TPSA) is 38.8 Å². The van der Waals surface area contributed by atoms with Crippen molar-refractivity contribution in [3.8, 4) is 0 Å². The van der Waals surface area contributed by atoms with E-state index in [-0.39, 0.29) is 6.03 Å². The van der Waals surface area contributed by atoms with Crippen molar-refractivity contribution < 1.29 is 4.79 Å². The number of nitrogens with zero attached hydrogens (tertiary/aromatic N) is 3. The molecule has 132 valence electrons. The predicted octanol–water partition coefficient (Wildman–Crippen LogP) is 2.78. The Balaban J connectivity index is 1.46. The molecule has 0 aromatic heterocycles. The van der Waals surface area contributed by atoms with Crippen LogP contribution in [0.5, 0.6) is 0 Å². The molecule has 0 saturated carbocycles. The monoisotopic (exact) mass is 338 g/mol. The fourth-order valence-corrected chi connectivity index (χ4v) is 3.01. The number of benzene rings is 2. The first kappa shape index (κ1) is 17.1. The number of nitrogens with one attached hydrogen (secondary N) is 1. The third-order valence-electron chi connectivity index (χ3n) is 4.58. The lowest BCUT2D eigenvalue weighted by atomic mass is 10.2. The van der Waals surface area contributed by atoms with Crippen molar-refractivity contribution in [2.45, 2.75) is 6.54 Å². The maximum absolute atomic E-state index is 12.4. The molecule has 1 fully saturated rings. The van der Waals surface area contributed by atoms with Gasteiger partial charge in [0.2, 0.25) is 0 Å². The number of para-hydroxylation sites is 1. The molecule has 5 nitrogen and oxygen atoms in total. The SMILES string of the molecule is CN(C)c1ccc(CNC(=O)N2CCN(c3ccccc3)CC2)cc1. The summed E-state index contributed by atoms with van der Waals surface area (Å²) in [7, 11) is 4.04. The zero-order valence-electron chi connectivity index (χ0n) is 15.0. The van der Waals surface area contributed by atoms with E-state index in [1.54, 1.807) is 0 Å². The Kier molecular flexibility index (Phi) is 5.43. The van der Waals surface area contributed by atoms with E-state index in [1.165, 1.54) is 5.69 Å². The zero-order valence-corrected chi connectivity index (χ0v) is 15.0. The van der Waals surface area contributed by atoms with Gasteiger partial charge in [-0.1, -0.05) is 30.3 Å². The fraction of sp³-hybridized carbons (Fsp3) is 0.350. The number of piperazine rings is 1. The molecule has 2 aromatic carbocycles. The lowest BCUT2D eigenvalue weighted by Crippen LogP contribution is -2.51. The normalized spacial score (nSPS) is 14.3. The van der Waals surface area contributed by atoms with Gasteiger partial charge in [0.15, 0.2) is 0 Å². The standard InChI is InChI=1S/C20H26N4O/c1-22(2)18-10-8-17(9-11-18)16-21-20(25)24-14-12-23(13-15-24)19-6-4-3-5-7-19/h3-11H,12-16H2,1-2H3,(H,21,25). The largest absolute Gasteiger partial charge is 0.378 e. The molecule has 0 unspecified atom stereocenters. The molecule has 0 aliphatic carbocycles. The third kappa shape index (κ3) is 4.44. The van der Waals surface area contributed by atoms with Crippen LogP contribution in [0.3, 0.4) is 0 Å². The summed E-state index contributed by atoms with van der Waals surface area (Å²) in [6, 6.07) is 18.6. The van der Waals surface area contributed by atoms with E-state index < -0.39 is 0 Å². The first-order valence-corrected chi connectivity index (χ1v) is 8.72. The van der Waals surface area contributed by atoms with Gasteiger partial charge in [0, 0.05) is 58.2 Å². The summed E-state index contributed by atoms with van der Waals surface area (Å²) in [5, 5.41) is 3.03. The second kappa shape index (κ2) is 7.92. The smallest absolute Gasteiger partial charge is 0.317 e. The van der Waals surface area contributed by atoms with Gasteiger partial charge in [0.05, 0.1) is 0 Å². The maximum Gasteiger partial charge on any atom is 0.317 e. The van der Waals surface area contributed by atoms with Gasteiger partial charge >= 0.3 is 6.03 Å². The van der Waals surface area contributed by atoms with Gasteiger partial charge in [-0.15, -0.1) is 0 Å². The average molecular weight is 338 g/mol. The zero-order chi connectivity index (χ0) is 17.6. The fourth-order valence-electron chi connectivity index (χ4n) is 3.01. The van der Waals surface area contributed by atoms with Crippen LogP contribution in [0.15, 0.2) is 54.6 Å². The maximum atomic E-state index is 12.4. The van der Waals surface area contributed by atoms with E-state index in [0.29, 0.717) is 6.54 Å². The molecule has 5 heteroatoms. The van der Waals surface area contributed by atoms with E-state index in [1.807, 2.05) is 25.1 Å². The number of urea groups is 1. The molecule has 1 aliphatic rings. The van der Waals surface area contributed by atoms with Crippen LogP contribution in [0.1, 0.15) is 5.56 Å². The van der Waals surface area contributed by atoms with E-state index >= 15 is 0 Å². The molecule has 1 saturated heterocycles. The minimum Gasteiger partial charge on any atom is -0.378 e. The van der Waals surface area contributed by atoms with Crippen LogP contribution in [0.2, 0.25) is 0 Å². The molecule has 25 heavy (non-hydrogen) atoms. The number of rotatable bonds is 4. The van der Waals surface area contributed by atoms with Crippen LogP contribution < -0.4 is 15.1 Å². The molecule has 1 heterocycles. The molecule has 3 rings (SSSR count). The highest BCUT2D eigenvalue weighted by atomic mass is 16.2. The summed E-state index contributed by atoms with van der Waals surface area (Å²) in [5.74, 6) is 0. The lowest BCUT2D eigenvalue weighted by Gasteiger charge is -2.36. The van der Waals surface area contributed by atoms with E-state index in [4.69, 9.17) is 0 Å². The Hall–Kier alpha value is -2.69. The summed E-state index contributed by atoms with van der Waals surface area (Å²) in [6.45, 7) is 3.80. The Labute approximate surface area is 149 Å². The number of anilines is 2. The van der Waals surface area contributed by atoms with Gasteiger partial charge < -0.3 is 20.0 Å². The molecule has 1 N–H and O–H groups in total. The van der Waals surface area contributed by atoms with Gasteiger partial charge in [-0.05, 0) is 29.8 Å². The molecule has 0 spiro atoms. The summed E-state index contributed by atoms with van der Waals surface area (Å²) in [5.41, 5.74) is 3.50. The highest BCUT2D eigenvalue weighted by Gasteiger charge is 2.20. The van der Waals surface area contributed by atoms with E-state index in [0.717, 1.165) is 37.4 Å². The Morgan fingerprint density at radius 2 is 1.60 bits per heavy atom. The molecular formula is C20H26N4O. The van der Waals surface area contributed by atoms with Crippen molar-refractivity contribution in [3.63, 3.8) is 0 Å². The Bertz CT molecular complexity index is 677. The van der Waals surface area contributed by atoms with Crippen LogP contribution in [-0.4, -0.2) is 51.2 Å². The first-order chi connectivity index (χ1) is 12.1. The van der Waals surface area contributed by atoms with Crippen molar-refractivity contribution in [1.82, 2.24) is 10.2 Å². The lowest BCUT2D eigenvalue weighted by molar-refractivity contribution is 0.194. The summed E-state index contributed by atoms with van der Waals surface area (Å²) in [6.07, 6.45) is 0. The molecule has 0 bridgehead atoms. The highest BCUT2D eigenvalue weighted by Crippen LogP contribution is 2.16. The minimum absolute atomic E-state index is 0.0180. The number of carbonyl (C=O) groups is 1. The predicted molar refractivity (Wildman–Crippen MR) is 103 cm³/mol. The molecule has 1 aliphatic heterocycles. The first-order valence-electron chi connectivity index (χ1n) is 8.72. The number of hydrogen-bond acceptors (Lipinski definition) is 3. The average Bonchev–Trinajstić information content (AvgIpc) is 2.67. The third-order valence-corrected chi connectivity index (χ3v) is 4.58. The van der Waals surface area contributed by atoms with Crippen molar-refractivity contribution in [3.05, 3.63) is 60.2 Å². The van der Waals surface area contributed by atoms with Gasteiger partial charge in [-0.3, -0.25) is 0 Å². The number of carbonyl (C=O) groups excluding carboxylic acids is 1. The minimum atomic E-state index is 0.0180. The van der Waals surface area contributed by atoms with Gasteiger partial charge in [0.25, 0.3) is 0 Å². The highest BCUT2D eigenvalue weighted by molar-refractivity contribution is 5.74. The second-order valence-electron chi connectivity index (χ2n) is 6.53. The van der Waals surface area contributed by atoms with Crippen molar-refractivity contribution >= 4 is 17.4 Å². The number of amides is 2. The summed E-state index contributed by atoms with van der Waals surface area (Å²) < 4.78 is 0. The van der Waals surface area contributed by atoms with Gasteiger partial charge in [-0.25, -0.2) is 4.79 Å². The molecule has 2 amide bonds.